The van der Waals surface area contributed by atoms with Crippen LogP contribution in [0.1, 0.15) is 5.76 Å². The fourth-order valence-corrected chi connectivity index (χ4v) is 1.99. The number of aromatic nitrogens is 2. The average Bonchev–Trinajstić information content (AvgIpc) is 2.52. The van der Waals surface area contributed by atoms with Gasteiger partial charge in [0.25, 0.3) is 0 Å². The van der Waals surface area contributed by atoms with Crippen LogP contribution in [0.3, 0.4) is 0 Å². The summed E-state index contributed by atoms with van der Waals surface area (Å²) in [4.78, 5) is 8.93. The third-order valence-corrected chi connectivity index (χ3v) is 2.92. The van der Waals surface area contributed by atoms with Crippen molar-refractivity contribution in [1.29, 1.82) is 0 Å². The lowest BCUT2D eigenvalue weighted by atomic mass is 10.5. The molecule has 0 N–H and O–H groups in total. The van der Waals surface area contributed by atoms with Gasteiger partial charge in [0, 0.05) is 6.07 Å². The van der Waals surface area contributed by atoms with Gasteiger partial charge in [-0.1, -0.05) is 23.4 Å². The lowest BCUT2D eigenvalue weighted by molar-refractivity contribution is 0.527. The van der Waals surface area contributed by atoms with Crippen molar-refractivity contribution in [3.8, 4) is 0 Å². The molecule has 0 aliphatic rings. The van der Waals surface area contributed by atoms with Crippen molar-refractivity contribution in [2.24, 2.45) is 0 Å². The van der Waals surface area contributed by atoms with Crippen LogP contribution in [0.25, 0.3) is 0 Å². The van der Waals surface area contributed by atoms with Crippen LogP contribution in [-0.4, -0.2) is 9.97 Å². The summed E-state index contributed by atoms with van der Waals surface area (Å²) in [5, 5.41) is 1.26. The van der Waals surface area contributed by atoms with Crippen molar-refractivity contribution in [2.75, 3.05) is 0 Å². The first-order chi connectivity index (χ1) is 6.75. The Morgan fingerprint density at radius 1 is 1.43 bits per heavy atom. The highest BCUT2D eigenvalue weighted by molar-refractivity contribution is 7.99. The van der Waals surface area contributed by atoms with Crippen LogP contribution in [0, 0.1) is 6.92 Å². The molecule has 0 unspecified atom stereocenters. The maximum atomic E-state index is 5.74. The van der Waals surface area contributed by atoms with Crippen molar-refractivity contribution in [1.82, 2.24) is 9.97 Å². The molecule has 0 aliphatic heterocycles. The highest BCUT2D eigenvalue weighted by Crippen LogP contribution is 2.29. The first-order valence-corrected chi connectivity index (χ1v) is 5.14. The van der Waals surface area contributed by atoms with E-state index in [9.17, 15) is 0 Å². The van der Waals surface area contributed by atoms with Crippen LogP contribution in [0.5, 0.6) is 0 Å². The summed E-state index contributed by atoms with van der Waals surface area (Å²) in [5.41, 5.74) is 0. The molecule has 0 aliphatic carbocycles. The van der Waals surface area contributed by atoms with Gasteiger partial charge in [0.15, 0.2) is 0 Å². The quantitative estimate of drug-likeness (QED) is 0.738. The van der Waals surface area contributed by atoms with Crippen molar-refractivity contribution >= 4 is 23.4 Å². The molecule has 0 amide bonds. The minimum Gasteiger partial charge on any atom is -0.468 e. The van der Waals surface area contributed by atoms with Gasteiger partial charge in [0.2, 0.25) is 0 Å². The monoisotopic (exact) mass is 226 g/mol. The molecule has 0 saturated heterocycles. The molecular weight excluding hydrogens is 220 g/mol. The summed E-state index contributed by atoms with van der Waals surface area (Å²) >= 11 is 7.24. The second kappa shape index (κ2) is 4.02. The molecule has 0 aromatic carbocycles. The zero-order chi connectivity index (χ0) is 9.97. The van der Waals surface area contributed by atoms with E-state index < -0.39 is 0 Å². The Morgan fingerprint density at radius 2 is 2.29 bits per heavy atom. The number of nitrogens with zero attached hydrogens (tertiary/aromatic N) is 2. The first kappa shape index (κ1) is 9.55. The second-order valence-electron chi connectivity index (χ2n) is 2.62. The van der Waals surface area contributed by atoms with Crippen molar-refractivity contribution < 1.29 is 4.42 Å². The van der Waals surface area contributed by atoms with Crippen LogP contribution in [0.4, 0.5) is 0 Å². The summed E-state index contributed by atoms with van der Waals surface area (Å²) in [5.74, 6) is 0.879. The van der Waals surface area contributed by atoms with E-state index >= 15 is 0 Å². The van der Waals surface area contributed by atoms with Gasteiger partial charge in [-0.3, -0.25) is 0 Å². The van der Waals surface area contributed by atoms with Gasteiger partial charge in [-0.15, -0.1) is 0 Å². The van der Waals surface area contributed by atoms with Gasteiger partial charge in [0.1, 0.15) is 22.3 Å². The number of hydrogen-bond acceptors (Lipinski definition) is 4. The SMILES string of the molecule is Cc1occc1Sc1cc(Cl)ncn1. The van der Waals surface area contributed by atoms with Crippen molar-refractivity contribution in [2.45, 2.75) is 16.8 Å². The van der Waals surface area contributed by atoms with E-state index in [4.69, 9.17) is 16.0 Å². The molecule has 2 aromatic rings. The van der Waals surface area contributed by atoms with Gasteiger partial charge in [-0.05, 0) is 13.0 Å². The van der Waals surface area contributed by atoms with Crippen molar-refractivity contribution in [3.05, 3.63) is 35.6 Å². The lowest BCUT2D eigenvalue weighted by Crippen LogP contribution is -1.82. The van der Waals surface area contributed by atoms with Crippen LogP contribution >= 0.6 is 23.4 Å². The number of furan rings is 1. The summed E-state index contributed by atoms with van der Waals surface area (Å²) in [7, 11) is 0. The molecule has 0 saturated carbocycles. The minimum absolute atomic E-state index is 0.448. The van der Waals surface area contributed by atoms with E-state index in [0.717, 1.165) is 15.7 Å². The Morgan fingerprint density at radius 3 is 2.93 bits per heavy atom. The molecule has 5 heteroatoms. The molecule has 2 aromatic heterocycles. The Labute approximate surface area is 90.5 Å². The van der Waals surface area contributed by atoms with Crippen molar-refractivity contribution in [3.63, 3.8) is 0 Å². The predicted octanol–water partition coefficient (Wildman–Crippen LogP) is 3.18. The number of aryl methyl sites for hydroxylation is 1. The largest absolute Gasteiger partial charge is 0.468 e. The topological polar surface area (TPSA) is 38.9 Å². The van der Waals surface area contributed by atoms with Gasteiger partial charge in [-0.25, -0.2) is 9.97 Å². The Balaban J connectivity index is 2.23. The van der Waals surface area contributed by atoms with E-state index in [1.54, 1.807) is 12.3 Å². The van der Waals surface area contributed by atoms with Crippen LogP contribution in [-0.2, 0) is 0 Å². The predicted molar refractivity (Wildman–Crippen MR) is 54.6 cm³/mol. The van der Waals surface area contributed by atoms with Gasteiger partial charge in [0.05, 0.1) is 11.2 Å². The number of hydrogen-bond donors (Lipinski definition) is 0. The summed E-state index contributed by atoms with van der Waals surface area (Å²) < 4.78 is 5.17. The Kier molecular flexibility index (Phi) is 2.74. The second-order valence-corrected chi connectivity index (χ2v) is 4.07. The first-order valence-electron chi connectivity index (χ1n) is 3.95. The smallest absolute Gasteiger partial charge is 0.133 e. The van der Waals surface area contributed by atoms with Gasteiger partial charge < -0.3 is 4.42 Å². The standard InChI is InChI=1S/C9H7ClN2OS/c1-6-7(2-3-13-6)14-9-4-8(10)11-5-12-9/h2-5H,1H3. The highest BCUT2D eigenvalue weighted by Gasteiger charge is 2.04. The fourth-order valence-electron chi connectivity index (χ4n) is 0.965. The third kappa shape index (κ3) is 2.08. The van der Waals surface area contributed by atoms with Gasteiger partial charge >= 0.3 is 0 Å². The van der Waals surface area contributed by atoms with E-state index in [0.29, 0.717) is 5.15 Å². The van der Waals surface area contributed by atoms with E-state index in [1.807, 2.05) is 13.0 Å². The molecule has 0 fully saturated rings. The summed E-state index contributed by atoms with van der Waals surface area (Å²) in [6.45, 7) is 1.91. The molecule has 2 rings (SSSR count). The zero-order valence-electron chi connectivity index (χ0n) is 7.40. The molecule has 0 bridgehead atoms. The molecule has 0 radical (unpaired) electrons. The molecular formula is C9H7ClN2OS. The zero-order valence-corrected chi connectivity index (χ0v) is 8.97. The lowest BCUT2D eigenvalue weighted by Gasteiger charge is -1.97. The minimum atomic E-state index is 0.448. The fraction of sp³-hybridized carbons (Fsp3) is 0.111. The van der Waals surface area contributed by atoms with Crippen LogP contribution < -0.4 is 0 Å². The molecule has 2 heterocycles. The molecule has 14 heavy (non-hydrogen) atoms. The normalized spacial score (nSPS) is 10.4. The van der Waals surface area contributed by atoms with Gasteiger partial charge in [-0.2, -0.15) is 0 Å². The molecule has 0 atom stereocenters. The Hall–Kier alpha value is -1.00. The molecule has 3 nitrogen and oxygen atoms in total. The van der Waals surface area contributed by atoms with Crippen LogP contribution in [0.2, 0.25) is 5.15 Å². The van der Waals surface area contributed by atoms with Crippen LogP contribution in [0.15, 0.2) is 39.1 Å². The highest BCUT2D eigenvalue weighted by atomic mass is 35.5. The average molecular weight is 227 g/mol. The van der Waals surface area contributed by atoms with E-state index in [1.165, 1.54) is 18.1 Å². The third-order valence-electron chi connectivity index (χ3n) is 1.63. The van der Waals surface area contributed by atoms with E-state index in [2.05, 4.69) is 9.97 Å². The molecule has 72 valence electrons. The number of rotatable bonds is 2. The van der Waals surface area contributed by atoms with E-state index in [-0.39, 0.29) is 0 Å². The maximum Gasteiger partial charge on any atom is 0.133 e. The summed E-state index contributed by atoms with van der Waals surface area (Å²) in [6, 6.07) is 3.62. The maximum absolute atomic E-state index is 5.74. The molecule has 0 spiro atoms. The summed E-state index contributed by atoms with van der Waals surface area (Å²) in [6.07, 6.45) is 3.10. The Bertz CT molecular complexity index is 444. The number of halogens is 1.